The van der Waals surface area contributed by atoms with Crippen LogP contribution in [0.3, 0.4) is 0 Å². The highest BCUT2D eigenvalue weighted by Crippen LogP contribution is 2.30. The highest BCUT2D eigenvalue weighted by Gasteiger charge is 2.22. The Kier molecular flexibility index (Phi) is 11.2. The van der Waals surface area contributed by atoms with E-state index in [1.54, 1.807) is 24.3 Å². The fourth-order valence-corrected chi connectivity index (χ4v) is 4.14. The van der Waals surface area contributed by atoms with E-state index in [9.17, 15) is 18.0 Å². The summed E-state index contributed by atoms with van der Waals surface area (Å²) >= 11 is 0. The predicted octanol–water partition coefficient (Wildman–Crippen LogP) is 3.44. The minimum atomic E-state index is -3.67. The van der Waals surface area contributed by atoms with Crippen LogP contribution >= 0.6 is 0 Å². The summed E-state index contributed by atoms with van der Waals surface area (Å²) in [6, 6.07) is 15.3. The first kappa shape index (κ1) is 33.0. The molecule has 2 aromatic carbocycles. The molecule has 230 valence electrons. The summed E-state index contributed by atoms with van der Waals surface area (Å²) in [6.07, 6.45) is 2.37. The van der Waals surface area contributed by atoms with Crippen LogP contribution in [0.25, 0.3) is 0 Å². The molecule has 2 heterocycles. The first-order valence-corrected chi connectivity index (χ1v) is 15.3. The molecule has 0 aliphatic carbocycles. The quantitative estimate of drug-likeness (QED) is 0.206. The smallest absolute Gasteiger partial charge is 0.271 e. The molecule has 5 N–H and O–H groups in total. The Bertz CT molecular complexity index is 1560. The van der Waals surface area contributed by atoms with Crippen molar-refractivity contribution in [3.8, 4) is 11.6 Å². The van der Waals surface area contributed by atoms with E-state index in [1.165, 1.54) is 6.08 Å². The number of carbonyl (C=O) groups excluding carboxylic acids is 2. The highest BCUT2D eigenvalue weighted by atomic mass is 32.2. The van der Waals surface area contributed by atoms with Crippen LogP contribution in [-0.2, 0) is 21.3 Å². The third kappa shape index (κ3) is 10.1. The van der Waals surface area contributed by atoms with Crippen molar-refractivity contribution < 1.29 is 27.3 Å². The van der Waals surface area contributed by atoms with E-state index in [0.29, 0.717) is 35.8 Å². The summed E-state index contributed by atoms with van der Waals surface area (Å²) in [4.78, 5) is 37.6. The number of carbonyl (C=O) groups is 2. The van der Waals surface area contributed by atoms with Gasteiger partial charge in [-0.1, -0.05) is 19.6 Å². The number of nitrogens with two attached hydrogens (primary N) is 1. The normalized spacial score (nSPS) is 15.1. The van der Waals surface area contributed by atoms with Crippen molar-refractivity contribution in [1.82, 2.24) is 14.9 Å². The minimum absolute atomic E-state index is 0.0261. The molecule has 0 spiro atoms. The number of anilines is 4. The van der Waals surface area contributed by atoms with Crippen LogP contribution in [0.5, 0.6) is 11.6 Å². The van der Waals surface area contributed by atoms with Crippen LogP contribution in [0.2, 0.25) is 0 Å². The zero-order chi connectivity index (χ0) is 31.7. The Labute approximate surface area is 251 Å². The van der Waals surface area contributed by atoms with Crippen LogP contribution in [0.4, 0.5) is 22.9 Å². The summed E-state index contributed by atoms with van der Waals surface area (Å²) in [7, 11) is -1.52. The lowest BCUT2D eigenvalue weighted by molar-refractivity contribution is -0.111. The lowest BCUT2D eigenvalue weighted by atomic mass is 10.1. The van der Waals surface area contributed by atoms with Crippen LogP contribution < -0.4 is 26.0 Å². The predicted molar refractivity (Wildman–Crippen MR) is 167 cm³/mol. The summed E-state index contributed by atoms with van der Waals surface area (Å²) in [5.41, 5.74) is 8.55. The van der Waals surface area contributed by atoms with Gasteiger partial charge in [-0.3, -0.25) is 14.1 Å². The van der Waals surface area contributed by atoms with Gasteiger partial charge in [0, 0.05) is 48.8 Å². The average molecular weight is 612 g/mol. The van der Waals surface area contributed by atoms with Gasteiger partial charge in [-0.25, -0.2) is 4.98 Å². The second-order valence-electron chi connectivity index (χ2n) is 9.89. The van der Waals surface area contributed by atoms with E-state index in [2.05, 4.69) is 51.0 Å². The molecule has 1 aliphatic rings. The Morgan fingerprint density at radius 3 is 2.42 bits per heavy atom. The number of nitrogens with one attached hydrogen (secondary N) is 2. The van der Waals surface area contributed by atoms with Gasteiger partial charge in [-0.15, -0.1) is 0 Å². The molecule has 43 heavy (non-hydrogen) atoms. The molecule has 0 unspecified atom stereocenters. The zero-order valence-electron chi connectivity index (χ0n) is 24.6. The summed E-state index contributed by atoms with van der Waals surface area (Å²) in [5.74, 6) is -0.156. The average Bonchev–Trinajstić information content (AvgIpc) is 2.94. The second-order valence-corrected chi connectivity index (χ2v) is 11.4. The Morgan fingerprint density at radius 1 is 1.16 bits per heavy atom. The monoisotopic (exact) mass is 611 g/mol. The number of hydrogen-bond donors (Lipinski definition) is 4. The molecular weight excluding hydrogens is 574 g/mol. The number of amides is 2. The van der Waals surface area contributed by atoms with Gasteiger partial charge in [0.2, 0.25) is 11.8 Å². The van der Waals surface area contributed by atoms with Gasteiger partial charge in [0.1, 0.15) is 11.4 Å². The van der Waals surface area contributed by atoms with Crippen LogP contribution in [0.1, 0.15) is 30.0 Å². The van der Waals surface area contributed by atoms with E-state index >= 15 is 0 Å². The molecule has 0 radical (unpaired) electrons. The van der Waals surface area contributed by atoms with E-state index in [4.69, 9.17) is 15.0 Å². The molecule has 1 aliphatic heterocycles. The van der Waals surface area contributed by atoms with Crippen molar-refractivity contribution in [2.45, 2.75) is 26.3 Å². The fraction of sp³-hybridized carbons (Fsp3) is 0.310. The van der Waals surface area contributed by atoms with Gasteiger partial charge >= 0.3 is 0 Å². The molecule has 14 heteroatoms. The number of piperazine rings is 1. The molecule has 3 aromatic rings. The van der Waals surface area contributed by atoms with Gasteiger partial charge in [-0.2, -0.15) is 13.4 Å². The molecule has 2 amide bonds. The molecule has 1 atom stereocenters. The molecule has 0 saturated carbocycles. The Morgan fingerprint density at radius 2 is 1.84 bits per heavy atom. The first-order chi connectivity index (χ1) is 20.3. The summed E-state index contributed by atoms with van der Waals surface area (Å²) in [5, 5.41) is 5.87. The number of aryl methyl sites for hydroxylation is 1. The van der Waals surface area contributed by atoms with Gasteiger partial charge in [0.25, 0.3) is 16.0 Å². The highest BCUT2D eigenvalue weighted by molar-refractivity contribution is 7.85. The number of hydrogen-bond acceptors (Lipinski definition) is 10. The SMILES string of the molecule is C=CC(=O)Nc1cccc(Oc2nc(Nc3ccc(N4CCN(C)[C@@H](C)C4)cc3)c(C(N)=O)nc2CC)c1.CS(=O)(=O)O. The van der Waals surface area contributed by atoms with Crippen molar-refractivity contribution in [2.24, 2.45) is 5.73 Å². The van der Waals surface area contributed by atoms with Crippen molar-refractivity contribution in [1.29, 1.82) is 0 Å². The third-order valence-corrected chi connectivity index (χ3v) is 6.46. The molecule has 13 nitrogen and oxygen atoms in total. The third-order valence-electron chi connectivity index (χ3n) is 6.46. The van der Waals surface area contributed by atoms with Crippen molar-refractivity contribution in [3.63, 3.8) is 0 Å². The van der Waals surface area contributed by atoms with Crippen LogP contribution in [0.15, 0.2) is 61.2 Å². The topological polar surface area (TPSA) is 180 Å². The number of rotatable bonds is 9. The maximum atomic E-state index is 12.2. The zero-order valence-corrected chi connectivity index (χ0v) is 25.4. The lowest BCUT2D eigenvalue weighted by Crippen LogP contribution is -2.50. The lowest BCUT2D eigenvalue weighted by Gasteiger charge is -2.39. The molecule has 4 rings (SSSR count). The molecule has 0 bridgehead atoms. The van der Waals surface area contributed by atoms with Gasteiger partial charge in [0.05, 0.1) is 6.26 Å². The number of benzene rings is 2. The van der Waals surface area contributed by atoms with Crippen molar-refractivity contribution in [2.75, 3.05) is 48.5 Å². The number of nitrogens with zero attached hydrogens (tertiary/aromatic N) is 4. The van der Waals surface area contributed by atoms with Crippen molar-refractivity contribution in [3.05, 3.63) is 72.6 Å². The van der Waals surface area contributed by atoms with Gasteiger partial charge < -0.3 is 30.9 Å². The Balaban J connectivity index is 0.000000934. The fourth-order valence-electron chi connectivity index (χ4n) is 4.14. The van der Waals surface area contributed by atoms with Crippen LogP contribution in [0, 0.1) is 0 Å². The van der Waals surface area contributed by atoms with Crippen LogP contribution in [-0.4, -0.2) is 78.6 Å². The maximum Gasteiger partial charge on any atom is 0.271 e. The maximum absolute atomic E-state index is 12.2. The Hall–Kier alpha value is -4.53. The minimum Gasteiger partial charge on any atom is -0.437 e. The van der Waals surface area contributed by atoms with E-state index in [0.717, 1.165) is 31.0 Å². The molecular formula is C29H37N7O6S. The summed E-state index contributed by atoms with van der Waals surface area (Å²) in [6.45, 7) is 10.5. The number of primary amides is 1. The second kappa shape index (κ2) is 14.6. The number of ether oxygens (including phenoxy) is 1. The molecule has 1 saturated heterocycles. The van der Waals surface area contributed by atoms with Gasteiger partial charge in [-0.05, 0) is 62.9 Å². The molecule has 1 fully saturated rings. The number of likely N-dealkylation sites (N-methyl/N-ethyl adjacent to an activating group) is 1. The number of aromatic nitrogens is 2. The van der Waals surface area contributed by atoms with Gasteiger partial charge in [0.15, 0.2) is 11.5 Å². The van der Waals surface area contributed by atoms with E-state index in [1.807, 2.05) is 31.2 Å². The largest absolute Gasteiger partial charge is 0.437 e. The van der Waals surface area contributed by atoms with E-state index < -0.39 is 16.0 Å². The standard InChI is InChI=1S/C28H33N7O3.CH4O3S/c1-5-23-28(38-22-9-7-8-20(16-22)30-24(36)6-2)33-27(25(32-23)26(29)37)31-19-10-12-21(13-11-19)35-15-14-34(4)18(3)17-35;1-5(2,3)4/h6-13,16,18H,2,5,14-15,17H2,1,3-4H3,(H2,29,37)(H,30,36)(H,31,33);1H3,(H,2,3,4)/t18-;/m0./s1. The molecule has 1 aromatic heterocycles. The summed E-state index contributed by atoms with van der Waals surface area (Å²) < 4.78 is 31.9. The van der Waals surface area contributed by atoms with Crippen molar-refractivity contribution >= 4 is 44.8 Å². The van der Waals surface area contributed by atoms with E-state index in [-0.39, 0.29) is 23.3 Å². The first-order valence-electron chi connectivity index (χ1n) is 13.4.